The van der Waals surface area contributed by atoms with E-state index in [0.717, 1.165) is 30.2 Å². The van der Waals surface area contributed by atoms with E-state index < -0.39 is 0 Å². The number of benzene rings is 1. The van der Waals surface area contributed by atoms with E-state index in [2.05, 4.69) is 20.0 Å². The zero-order chi connectivity index (χ0) is 18.8. The first kappa shape index (κ1) is 22.9. The molecule has 1 amide bonds. The molecule has 4 rings (SSSR count). The highest BCUT2D eigenvalue weighted by molar-refractivity contribution is 5.85. The monoisotopic (exact) mass is 437 g/mol. The molecule has 1 saturated heterocycles. The zero-order valence-electron chi connectivity index (χ0n) is 16.1. The molecule has 3 heterocycles. The van der Waals surface area contributed by atoms with Crippen molar-refractivity contribution in [1.82, 2.24) is 24.5 Å². The normalized spacial score (nSPS) is 14.8. The van der Waals surface area contributed by atoms with Crippen LogP contribution in [0.1, 0.15) is 23.7 Å². The summed E-state index contributed by atoms with van der Waals surface area (Å²) in [6, 6.07) is 11.5. The summed E-state index contributed by atoms with van der Waals surface area (Å²) in [6.07, 6.45) is 1.84. The number of amides is 1. The maximum atomic E-state index is 12.6. The van der Waals surface area contributed by atoms with E-state index in [1.165, 1.54) is 6.33 Å². The smallest absolute Gasteiger partial charge is 0.254 e. The van der Waals surface area contributed by atoms with Crippen LogP contribution in [0, 0.1) is 6.92 Å². The molecule has 0 saturated carbocycles. The van der Waals surface area contributed by atoms with E-state index in [1.54, 1.807) is 4.52 Å². The number of piperazine rings is 1. The third-order valence-electron chi connectivity index (χ3n) is 4.94. The molecule has 1 unspecified atom stereocenters. The second kappa shape index (κ2) is 9.87. The highest BCUT2D eigenvalue weighted by Gasteiger charge is 2.24. The van der Waals surface area contributed by atoms with Gasteiger partial charge in [-0.3, -0.25) is 4.79 Å². The first-order valence-corrected chi connectivity index (χ1v) is 9.12. The minimum atomic E-state index is -0.269. The van der Waals surface area contributed by atoms with Crippen LogP contribution in [-0.4, -0.2) is 56.6 Å². The molecule has 0 radical (unpaired) electrons. The van der Waals surface area contributed by atoms with Crippen molar-refractivity contribution in [1.29, 1.82) is 0 Å². The number of fused-ring (bicyclic) bond motifs is 1. The van der Waals surface area contributed by atoms with Crippen LogP contribution in [0.5, 0.6) is 0 Å². The lowest BCUT2D eigenvalue weighted by molar-refractivity contribution is -0.131. The Labute approximate surface area is 181 Å². The van der Waals surface area contributed by atoms with E-state index in [9.17, 15) is 4.79 Å². The number of hydrogen-bond donors (Lipinski definition) is 1. The first-order chi connectivity index (χ1) is 13.1. The van der Waals surface area contributed by atoms with Gasteiger partial charge in [-0.2, -0.15) is 14.6 Å². The van der Waals surface area contributed by atoms with Crippen LogP contribution in [0.3, 0.4) is 0 Å². The third kappa shape index (κ3) is 4.95. The number of carbonyl (C=O) groups excluding carboxylic acids is 1. The largest absolute Gasteiger partial charge is 0.353 e. The molecule has 2 aromatic heterocycles. The standard InChI is InChI=1S/C19H23N7O.2ClH/c1-14-11-17(26-19(23-14)21-13-22-26)24-7-9-25(10-8-24)18(27)12-16(20)15-5-3-2-4-6-15;;/h2-6,11,13,16H,7-10,12,20H2,1H3;2*1H. The fraction of sp³-hybridized carbons (Fsp3) is 0.368. The molecule has 2 N–H and O–H groups in total. The number of anilines is 1. The van der Waals surface area contributed by atoms with Gasteiger partial charge in [0.05, 0.1) is 0 Å². The van der Waals surface area contributed by atoms with E-state index in [1.807, 2.05) is 48.2 Å². The lowest BCUT2D eigenvalue weighted by Gasteiger charge is -2.36. The predicted molar refractivity (Wildman–Crippen MR) is 117 cm³/mol. The minimum Gasteiger partial charge on any atom is -0.353 e. The van der Waals surface area contributed by atoms with Crippen molar-refractivity contribution >= 4 is 42.3 Å². The molecule has 29 heavy (non-hydrogen) atoms. The topological polar surface area (TPSA) is 92.7 Å². The maximum absolute atomic E-state index is 12.6. The van der Waals surface area contributed by atoms with Crippen molar-refractivity contribution in [3.05, 3.63) is 54.0 Å². The van der Waals surface area contributed by atoms with Crippen molar-refractivity contribution in [3.63, 3.8) is 0 Å². The van der Waals surface area contributed by atoms with E-state index in [0.29, 0.717) is 25.3 Å². The molecular weight excluding hydrogens is 413 g/mol. The van der Waals surface area contributed by atoms with Crippen molar-refractivity contribution in [2.45, 2.75) is 19.4 Å². The number of nitrogens with zero attached hydrogens (tertiary/aromatic N) is 6. The van der Waals surface area contributed by atoms with Crippen LogP contribution in [0.4, 0.5) is 5.82 Å². The second-order valence-corrected chi connectivity index (χ2v) is 6.82. The fourth-order valence-corrected chi connectivity index (χ4v) is 3.46. The number of rotatable bonds is 4. The Morgan fingerprint density at radius 1 is 1.14 bits per heavy atom. The van der Waals surface area contributed by atoms with Gasteiger partial charge in [0, 0.05) is 50.4 Å². The van der Waals surface area contributed by atoms with Crippen LogP contribution in [0.2, 0.25) is 0 Å². The quantitative estimate of drug-likeness (QED) is 0.670. The molecule has 156 valence electrons. The molecule has 1 aromatic carbocycles. The average molecular weight is 438 g/mol. The number of aryl methyl sites for hydroxylation is 1. The number of halogens is 2. The lowest BCUT2D eigenvalue weighted by atomic mass is 10.0. The Balaban J connectivity index is 0.00000150. The number of carbonyl (C=O) groups is 1. The summed E-state index contributed by atoms with van der Waals surface area (Å²) in [7, 11) is 0. The van der Waals surface area contributed by atoms with Gasteiger partial charge in [-0.25, -0.2) is 4.98 Å². The highest BCUT2D eigenvalue weighted by atomic mass is 35.5. The second-order valence-electron chi connectivity index (χ2n) is 6.82. The predicted octanol–water partition coefficient (Wildman–Crippen LogP) is 2.02. The van der Waals surface area contributed by atoms with Crippen molar-refractivity contribution in [2.75, 3.05) is 31.1 Å². The molecule has 10 heteroatoms. The summed E-state index contributed by atoms with van der Waals surface area (Å²) >= 11 is 0. The minimum absolute atomic E-state index is 0. The fourth-order valence-electron chi connectivity index (χ4n) is 3.46. The Kier molecular flexibility index (Phi) is 7.78. The first-order valence-electron chi connectivity index (χ1n) is 9.12. The van der Waals surface area contributed by atoms with Gasteiger partial charge in [-0.15, -0.1) is 24.8 Å². The van der Waals surface area contributed by atoms with E-state index in [4.69, 9.17) is 5.73 Å². The van der Waals surface area contributed by atoms with Crippen molar-refractivity contribution in [3.8, 4) is 0 Å². The third-order valence-corrected chi connectivity index (χ3v) is 4.94. The SMILES string of the molecule is Cc1cc(N2CCN(C(=O)CC(N)c3ccccc3)CC2)n2ncnc2n1.Cl.Cl. The molecule has 3 aromatic rings. The lowest BCUT2D eigenvalue weighted by Crippen LogP contribution is -2.49. The van der Waals surface area contributed by atoms with E-state index >= 15 is 0 Å². The highest BCUT2D eigenvalue weighted by Crippen LogP contribution is 2.20. The van der Waals surface area contributed by atoms with Gasteiger partial charge >= 0.3 is 0 Å². The van der Waals surface area contributed by atoms with Gasteiger partial charge in [0.2, 0.25) is 5.91 Å². The van der Waals surface area contributed by atoms with Crippen molar-refractivity contribution < 1.29 is 4.79 Å². The number of nitrogens with two attached hydrogens (primary N) is 1. The Hall–Kier alpha value is -2.42. The molecule has 1 fully saturated rings. The van der Waals surface area contributed by atoms with Crippen LogP contribution in [0.25, 0.3) is 5.78 Å². The molecular formula is C19H25Cl2N7O. The average Bonchev–Trinajstić information content (AvgIpc) is 3.16. The van der Waals surface area contributed by atoms with Crippen molar-refractivity contribution in [2.24, 2.45) is 5.73 Å². The molecule has 1 aliphatic rings. The van der Waals surface area contributed by atoms with Gasteiger partial charge in [-0.05, 0) is 12.5 Å². The molecule has 1 aliphatic heterocycles. The Bertz CT molecular complexity index is 942. The van der Waals surface area contributed by atoms with Crippen LogP contribution in [0.15, 0.2) is 42.7 Å². The van der Waals surface area contributed by atoms with Gasteiger partial charge in [0.25, 0.3) is 5.78 Å². The van der Waals surface area contributed by atoms with Gasteiger partial charge in [0.15, 0.2) is 0 Å². The summed E-state index contributed by atoms with van der Waals surface area (Å²) in [5.74, 6) is 1.66. The summed E-state index contributed by atoms with van der Waals surface area (Å²) in [6.45, 7) is 4.76. The number of aromatic nitrogens is 4. The summed E-state index contributed by atoms with van der Waals surface area (Å²) < 4.78 is 1.75. The van der Waals surface area contributed by atoms with Gasteiger partial charge in [0.1, 0.15) is 12.1 Å². The maximum Gasteiger partial charge on any atom is 0.254 e. The van der Waals surface area contributed by atoms with E-state index in [-0.39, 0.29) is 36.8 Å². The molecule has 0 aliphatic carbocycles. The van der Waals surface area contributed by atoms with Crippen LogP contribution < -0.4 is 10.6 Å². The Morgan fingerprint density at radius 3 is 2.52 bits per heavy atom. The van der Waals surface area contributed by atoms with Gasteiger partial charge < -0.3 is 15.5 Å². The zero-order valence-corrected chi connectivity index (χ0v) is 17.8. The van der Waals surface area contributed by atoms with Gasteiger partial charge in [-0.1, -0.05) is 30.3 Å². The van der Waals surface area contributed by atoms with Crippen LogP contribution >= 0.6 is 24.8 Å². The molecule has 0 spiro atoms. The summed E-state index contributed by atoms with van der Waals surface area (Å²) in [5, 5.41) is 4.27. The summed E-state index contributed by atoms with van der Waals surface area (Å²) in [4.78, 5) is 25.3. The molecule has 1 atom stereocenters. The number of hydrogen-bond acceptors (Lipinski definition) is 6. The Morgan fingerprint density at radius 2 is 1.83 bits per heavy atom. The van der Waals surface area contributed by atoms with Crippen LogP contribution in [-0.2, 0) is 4.79 Å². The molecule has 0 bridgehead atoms. The summed E-state index contributed by atoms with van der Waals surface area (Å²) in [5.41, 5.74) is 8.10. The molecule has 8 nitrogen and oxygen atoms in total.